The van der Waals surface area contributed by atoms with Gasteiger partial charge < -0.3 is 0 Å². The molecule has 1 heterocycles. The van der Waals surface area contributed by atoms with E-state index < -0.39 is 10.8 Å². The Bertz CT molecular complexity index is 210. The Hall–Kier alpha value is -0.700. The van der Waals surface area contributed by atoms with Gasteiger partial charge in [-0.15, -0.1) is 0 Å². The van der Waals surface area contributed by atoms with Gasteiger partial charge in [0.2, 0.25) is 0 Å². The van der Waals surface area contributed by atoms with E-state index in [-0.39, 0.29) is 0 Å². The maximum Gasteiger partial charge on any atom is 0.126 e. The Morgan fingerprint density at radius 3 is 2.67 bits per heavy atom. The first-order chi connectivity index (χ1) is 4.30. The lowest BCUT2D eigenvalue weighted by Gasteiger charge is -1.89. The summed E-state index contributed by atoms with van der Waals surface area (Å²) in [7, 11) is -0.940. The summed E-state index contributed by atoms with van der Waals surface area (Å²) in [6.07, 6.45) is 3.25. The third-order valence-corrected chi connectivity index (χ3v) is 1.76. The number of hydrogen-bond donors (Lipinski definition) is 0. The third kappa shape index (κ3) is 1.61. The van der Waals surface area contributed by atoms with Crippen molar-refractivity contribution in [3.8, 4) is 0 Å². The van der Waals surface area contributed by atoms with Crippen molar-refractivity contribution in [1.29, 1.82) is 0 Å². The Labute approximate surface area is 56.4 Å². The maximum absolute atomic E-state index is 10.7. The summed E-state index contributed by atoms with van der Waals surface area (Å²) >= 11 is 0. The van der Waals surface area contributed by atoms with Gasteiger partial charge in [-0.25, -0.2) is 4.98 Å². The van der Waals surface area contributed by atoms with E-state index in [9.17, 15) is 4.21 Å². The summed E-state index contributed by atoms with van der Waals surface area (Å²) in [5.74, 6) is 0. The molecule has 0 radical (unpaired) electrons. The van der Waals surface area contributed by atoms with Gasteiger partial charge in [0.1, 0.15) is 5.03 Å². The highest BCUT2D eigenvalue weighted by atomic mass is 32.2. The summed E-state index contributed by atoms with van der Waals surface area (Å²) in [4.78, 5) is 3.88. The van der Waals surface area contributed by atoms with Crippen LogP contribution in [0.2, 0.25) is 0 Å². The molecule has 1 aromatic heterocycles. The number of pyridine rings is 1. The Morgan fingerprint density at radius 2 is 2.33 bits per heavy atom. The van der Waals surface area contributed by atoms with Crippen LogP contribution in [-0.2, 0) is 10.8 Å². The minimum Gasteiger partial charge on any atom is -0.253 e. The van der Waals surface area contributed by atoms with Crippen molar-refractivity contribution in [3.05, 3.63) is 24.4 Å². The fourth-order valence-corrected chi connectivity index (χ4v) is 0.997. The second-order valence-electron chi connectivity index (χ2n) is 1.62. The highest BCUT2D eigenvalue weighted by Gasteiger charge is 1.92. The molecule has 0 fully saturated rings. The van der Waals surface area contributed by atoms with Crippen LogP contribution in [0.15, 0.2) is 29.4 Å². The molecular weight excluding hydrogens is 134 g/mol. The van der Waals surface area contributed by atoms with Crippen molar-refractivity contribution in [2.24, 2.45) is 0 Å². The molecule has 3 heteroatoms. The first-order valence-electron chi connectivity index (χ1n) is 2.55. The van der Waals surface area contributed by atoms with Gasteiger partial charge in [0.05, 0.1) is 10.8 Å². The fraction of sp³-hybridized carbons (Fsp3) is 0.167. The summed E-state index contributed by atoms with van der Waals surface area (Å²) in [6, 6.07) is 5.37. The topological polar surface area (TPSA) is 30.0 Å². The zero-order valence-electron chi connectivity index (χ0n) is 5.07. The largest absolute Gasteiger partial charge is 0.253 e. The van der Waals surface area contributed by atoms with E-state index in [0.717, 1.165) is 0 Å². The molecule has 0 saturated heterocycles. The Morgan fingerprint density at radius 1 is 1.56 bits per heavy atom. The summed E-state index contributed by atoms with van der Waals surface area (Å²) < 4.78 is 10.7. The van der Waals surface area contributed by atoms with Crippen LogP contribution in [0, 0.1) is 0 Å². The molecule has 0 unspecified atom stereocenters. The molecule has 0 saturated carbocycles. The molecule has 0 aliphatic rings. The van der Waals surface area contributed by atoms with E-state index >= 15 is 0 Å². The van der Waals surface area contributed by atoms with E-state index in [1.54, 1.807) is 24.6 Å². The molecule has 0 aromatic carbocycles. The molecule has 48 valence electrons. The van der Waals surface area contributed by atoms with E-state index in [2.05, 4.69) is 4.98 Å². The van der Waals surface area contributed by atoms with Crippen LogP contribution in [-0.4, -0.2) is 15.4 Å². The van der Waals surface area contributed by atoms with Crippen LogP contribution in [0.5, 0.6) is 0 Å². The van der Waals surface area contributed by atoms with Crippen LogP contribution in [0.25, 0.3) is 0 Å². The molecule has 0 bridgehead atoms. The highest BCUT2D eigenvalue weighted by Crippen LogP contribution is 1.96. The number of aromatic nitrogens is 1. The van der Waals surface area contributed by atoms with Crippen LogP contribution >= 0.6 is 0 Å². The lowest BCUT2D eigenvalue weighted by Crippen LogP contribution is -1.88. The van der Waals surface area contributed by atoms with Gasteiger partial charge in [-0.2, -0.15) is 0 Å². The second kappa shape index (κ2) is 2.73. The van der Waals surface area contributed by atoms with Crippen molar-refractivity contribution in [3.63, 3.8) is 0 Å². The third-order valence-electron chi connectivity index (χ3n) is 0.932. The van der Waals surface area contributed by atoms with Crippen molar-refractivity contribution in [2.45, 2.75) is 5.03 Å². The summed E-state index contributed by atoms with van der Waals surface area (Å²) in [5, 5.41) is 0.637. The highest BCUT2D eigenvalue weighted by molar-refractivity contribution is 7.84. The average molecular weight is 141 g/mol. The van der Waals surface area contributed by atoms with E-state index in [1.807, 2.05) is 6.07 Å². The molecule has 1 atom stereocenters. The van der Waals surface area contributed by atoms with Gasteiger partial charge in [0.15, 0.2) is 0 Å². The lowest BCUT2D eigenvalue weighted by molar-refractivity contribution is 0.684. The van der Waals surface area contributed by atoms with Crippen LogP contribution in [0.1, 0.15) is 0 Å². The molecule has 9 heavy (non-hydrogen) atoms. The van der Waals surface area contributed by atoms with Crippen LogP contribution < -0.4 is 0 Å². The molecule has 0 N–H and O–H groups in total. The second-order valence-corrected chi connectivity index (χ2v) is 2.95. The normalized spacial score (nSPS) is 13.0. The summed E-state index contributed by atoms with van der Waals surface area (Å²) in [6.45, 7) is 0. The van der Waals surface area contributed by atoms with Crippen molar-refractivity contribution < 1.29 is 4.21 Å². The maximum atomic E-state index is 10.7. The van der Waals surface area contributed by atoms with Crippen molar-refractivity contribution in [2.75, 3.05) is 6.26 Å². The lowest BCUT2D eigenvalue weighted by atomic mass is 10.5. The van der Waals surface area contributed by atoms with Crippen LogP contribution in [0.4, 0.5) is 0 Å². The molecule has 2 nitrogen and oxygen atoms in total. The Balaban J connectivity index is 2.98. The Kier molecular flexibility index (Phi) is 1.95. The van der Waals surface area contributed by atoms with Gasteiger partial charge >= 0.3 is 0 Å². The van der Waals surface area contributed by atoms with Crippen LogP contribution in [0.3, 0.4) is 0 Å². The first-order valence-corrected chi connectivity index (χ1v) is 4.11. The molecule has 0 amide bonds. The predicted octanol–water partition coefficient (Wildman–Crippen LogP) is 0.819. The van der Waals surface area contributed by atoms with Gasteiger partial charge in [0.25, 0.3) is 0 Å². The van der Waals surface area contributed by atoms with E-state index in [4.69, 9.17) is 0 Å². The SMILES string of the molecule is C[S@](=O)c1ccccn1. The quantitative estimate of drug-likeness (QED) is 0.579. The van der Waals surface area contributed by atoms with Gasteiger partial charge in [-0.3, -0.25) is 4.21 Å². The van der Waals surface area contributed by atoms with Gasteiger partial charge in [-0.1, -0.05) is 6.07 Å². The van der Waals surface area contributed by atoms with Gasteiger partial charge in [0, 0.05) is 12.5 Å². The van der Waals surface area contributed by atoms with Gasteiger partial charge in [-0.05, 0) is 12.1 Å². The minimum absolute atomic E-state index is 0.637. The zero-order valence-corrected chi connectivity index (χ0v) is 5.89. The molecule has 0 aliphatic heterocycles. The standard InChI is InChI=1S/C6H7NOS/c1-9(8)6-4-2-3-5-7-6/h2-5H,1H3/t9-/m0/s1. The van der Waals surface area contributed by atoms with E-state index in [1.165, 1.54) is 0 Å². The molecule has 1 rings (SSSR count). The summed E-state index contributed by atoms with van der Waals surface area (Å²) in [5.41, 5.74) is 0. The zero-order chi connectivity index (χ0) is 6.69. The first kappa shape index (κ1) is 6.42. The fourth-order valence-electron chi connectivity index (χ4n) is 0.517. The van der Waals surface area contributed by atoms with Crippen molar-refractivity contribution in [1.82, 2.24) is 4.98 Å². The number of hydrogen-bond acceptors (Lipinski definition) is 2. The number of rotatable bonds is 1. The predicted molar refractivity (Wildman–Crippen MR) is 36.6 cm³/mol. The molecule has 1 aromatic rings. The minimum atomic E-state index is -0.940. The molecular formula is C6H7NOS. The monoisotopic (exact) mass is 141 g/mol. The van der Waals surface area contributed by atoms with Crippen molar-refractivity contribution >= 4 is 10.8 Å². The number of nitrogens with zero attached hydrogens (tertiary/aromatic N) is 1. The molecule has 0 aliphatic carbocycles. The van der Waals surface area contributed by atoms with E-state index in [0.29, 0.717) is 5.03 Å². The molecule has 0 spiro atoms. The average Bonchev–Trinajstić information content (AvgIpc) is 1.90. The smallest absolute Gasteiger partial charge is 0.126 e.